The highest BCUT2D eigenvalue weighted by Crippen LogP contribution is 2.19. The van der Waals surface area contributed by atoms with Crippen LogP contribution in [-0.4, -0.2) is 28.6 Å². The Morgan fingerprint density at radius 2 is 1.79 bits per heavy atom. The summed E-state index contributed by atoms with van der Waals surface area (Å²) in [6.07, 6.45) is 0.317. The summed E-state index contributed by atoms with van der Waals surface area (Å²) in [6, 6.07) is 13.6. The van der Waals surface area contributed by atoms with Crippen LogP contribution in [0, 0.1) is 0 Å². The Morgan fingerprint density at radius 1 is 1.07 bits per heavy atom. The van der Waals surface area contributed by atoms with Crippen LogP contribution < -0.4 is 15.6 Å². The Hall–Kier alpha value is -3.39. The number of hydrogen-bond donors (Lipinski definition) is 2. The standard InChI is InChI=1S/C20H19ClN4O4/c1-2-28-16-9-5-14(6-10-16)20(27)24-23-17(26)11-12-18-22-19(25-29-18)13-3-7-15(21)8-4-13/h3-10H,2,11-12H2,1H3,(H,23,26)(H,24,27). The van der Waals surface area contributed by atoms with Crippen LogP contribution in [0.4, 0.5) is 0 Å². The molecule has 0 radical (unpaired) electrons. The quantitative estimate of drug-likeness (QED) is 0.575. The number of carbonyl (C=O) groups excluding carboxylic acids is 2. The van der Waals surface area contributed by atoms with Gasteiger partial charge in [0.05, 0.1) is 6.61 Å². The molecule has 0 saturated carbocycles. The Morgan fingerprint density at radius 3 is 2.48 bits per heavy atom. The first-order valence-corrected chi connectivity index (χ1v) is 9.33. The minimum atomic E-state index is -0.427. The maximum Gasteiger partial charge on any atom is 0.269 e. The summed E-state index contributed by atoms with van der Waals surface area (Å²) < 4.78 is 10.5. The van der Waals surface area contributed by atoms with Gasteiger partial charge in [-0.15, -0.1) is 0 Å². The second kappa shape index (κ2) is 9.70. The molecule has 2 aromatic carbocycles. The van der Waals surface area contributed by atoms with Crippen LogP contribution in [0.2, 0.25) is 5.02 Å². The highest BCUT2D eigenvalue weighted by Gasteiger charge is 2.12. The molecule has 2 amide bonds. The van der Waals surface area contributed by atoms with Crippen LogP contribution in [0.1, 0.15) is 29.6 Å². The first-order chi connectivity index (χ1) is 14.0. The Bertz CT molecular complexity index is 971. The maximum atomic E-state index is 12.1. The SMILES string of the molecule is CCOc1ccc(C(=O)NNC(=O)CCc2nc(-c3ccc(Cl)cc3)no2)cc1. The molecule has 0 aliphatic carbocycles. The third-order valence-electron chi connectivity index (χ3n) is 3.88. The van der Waals surface area contributed by atoms with Crippen molar-refractivity contribution in [3.63, 3.8) is 0 Å². The zero-order chi connectivity index (χ0) is 20.6. The second-order valence-corrected chi connectivity index (χ2v) is 6.41. The van der Waals surface area contributed by atoms with Crippen molar-refractivity contribution in [1.29, 1.82) is 0 Å². The van der Waals surface area contributed by atoms with Gasteiger partial charge in [-0.25, -0.2) is 0 Å². The summed E-state index contributed by atoms with van der Waals surface area (Å²) in [6.45, 7) is 2.42. The highest BCUT2D eigenvalue weighted by molar-refractivity contribution is 6.30. The molecular formula is C20H19ClN4O4. The van der Waals surface area contributed by atoms with E-state index in [2.05, 4.69) is 21.0 Å². The van der Waals surface area contributed by atoms with Gasteiger partial charge in [0.25, 0.3) is 5.91 Å². The normalized spacial score (nSPS) is 10.4. The van der Waals surface area contributed by atoms with E-state index in [4.69, 9.17) is 20.9 Å². The van der Waals surface area contributed by atoms with Crippen molar-refractivity contribution >= 4 is 23.4 Å². The number of hydrogen-bond acceptors (Lipinski definition) is 6. The maximum absolute atomic E-state index is 12.1. The molecule has 29 heavy (non-hydrogen) atoms. The van der Waals surface area contributed by atoms with Gasteiger partial charge in [-0.1, -0.05) is 16.8 Å². The van der Waals surface area contributed by atoms with Crippen LogP contribution in [0.15, 0.2) is 53.1 Å². The van der Waals surface area contributed by atoms with E-state index in [-0.39, 0.29) is 18.7 Å². The molecule has 3 rings (SSSR count). The van der Waals surface area contributed by atoms with Crippen molar-refractivity contribution in [3.8, 4) is 17.1 Å². The number of aryl methyl sites for hydroxylation is 1. The molecule has 0 atom stereocenters. The molecule has 0 fully saturated rings. The third-order valence-corrected chi connectivity index (χ3v) is 4.13. The molecule has 0 spiro atoms. The van der Waals surface area contributed by atoms with Crippen LogP contribution in [0.3, 0.4) is 0 Å². The lowest BCUT2D eigenvalue weighted by Crippen LogP contribution is -2.41. The summed E-state index contributed by atoms with van der Waals surface area (Å²) in [4.78, 5) is 28.3. The van der Waals surface area contributed by atoms with Gasteiger partial charge >= 0.3 is 0 Å². The topological polar surface area (TPSA) is 106 Å². The Kier molecular flexibility index (Phi) is 6.80. The minimum Gasteiger partial charge on any atom is -0.494 e. The van der Waals surface area contributed by atoms with Crippen LogP contribution in [0.5, 0.6) is 5.75 Å². The van der Waals surface area contributed by atoms with E-state index in [1.54, 1.807) is 48.5 Å². The molecule has 150 valence electrons. The van der Waals surface area contributed by atoms with E-state index in [9.17, 15) is 9.59 Å². The molecule has 2 N–H and O–H groups in total. The third kappa shape index (κ3) is 5.79. The van der Waals surface area contributed by atoms with Gasteiger partial charge in [-0.2, -0.15) is 4.98 Å². The van der Waals surface area contributed by atoms with E-state index in [0.717, 1.165) is 5.56 Å². The number of nitrogens with zero attached hydrogens (tertiary/aromatic N) is 2. The zero-order valence-electron chi connectivity index (χ0n) is 15.6. The lowest BCUT2D eigenvalue weighted by Gasteiger charge is -2.07. The van der Waals surface area contributed by atoms with Crippen molar-refractivity contribution < 1.29 is 18.8 Å². The average Bonchev–Trinajstić information content (AvgIpc) is 3.21. The van der Waals surface area contributed by atoms with Crippen molar-refractivity contribution in [2.24, 2.45) is 0 Å². The number of aromatic nitrogens is 2. The summed E-state index contributed by atoms with van der Waals surface area (Å²) in [7, 11) is 0. The number of carbonyl (C=O) groups is 2. The fourth-order valence-electron chi connectivity index (χ4n) is 2.42. The smallest absolute Gasteiger partial charge is 0.269 e. The number of ether oxygens (including phenoxy) is 1. The van der Waals surface area contributed by atoms with Gasteiger partial charge in [-0.05, 0) is 55.5 Å². The Labute approximate surface area is 172 Å². The lowest BCUT2D eigenvalue weighted by atomic mass is 10.2. The molecule has 0 bridgehead atoms. The van der Waals surface area contributed by atoms with Crippen LogP contribution in [0.25, 0.3) is 11.4 Å². The molecule has 8 nitrogen and oxygen atoms in total. The van der Waals surface area contributed by atoms with Crippen molar-refractivity contribution in [2.75, 3.05) is 6.61 Å². The van der Waals surface area contributed by atoms with Crippen molar-refractivity contribution in [1.82, 2.24) is 21.0 Å². The summed E-state index contributed by atoms with van der Waals surface area (Å²) in [5, 5.41) is 4.50. The predicted octanol–water partition coefficient (Wildman–Crippen LogP) is 3.18. The van der Waals surface area contributed by atoms with Gasteiger partial charge in [0, 0.05) is 29.0 Å². The number of amides is 2. The fourth-order valence-corrected chi connectivity index (χ4v) is 2.55. The van der Waals surface area contributed by atoms with Crippen molar-refractivity contribution in [3.05, 3.63) is 65.0 Å². The van der Waals surface area contributed by atoms with Crippen LogP contribution in [-0.2, 0) is 11.2 Å². The van der Waals surface area contributed by atoms with E-state index in [1.807, 2.05) is 6.92 Å². The average molecular weight is 415 g/mol. The number of halogens is 1. The zero-order valence-corrected chi connectivity index (χ0v) is 16.4. The van der Waals surface area contributed by atoms with Crippen molar-refractivity contribution in [2.45, 2.75) is 19.8 Å². The lowest BCUT2D eigenvalue weighted by molar-refractivity contribution is -0.121. The van der Waals surface area contributed by atoms with E-state index >= 15 is 0 Å². The van der Waals surface area contributed by atoms with Gasteiger partial charge in [-0.3, -0.25) is 20.4 Å². The molecule has 0 saturated heterocycles. The molecule has 0 unspecified atom stereocenters. The predicted molar refractivity (Wildman–Crippen MR) is 106 cm³/mol. The molecule has 1 heterocycles. The number of nitrogens with one attached hydrogen (secondary N) is 2. The molecular weight excluding hydrogens is 396 g/mol. The highest BCUT2D eigenvalue weighted by atomic mass is 35.5. The number of benzene rings is 2. The monoisotopic (exact) mass is 414 g/mol. The van der Waals surface area contributed by atoms with Gasteiger partial charge < -0.3 is 9.26 Å². The van der Waals surface area contributed by atoms with E-state index in [1.165, 1.54) is 0 Å². The minimum absolute atomic E-state index is 0.0752. The van der Waals surface area contributed by atoms with E-state index in [0.29, 0.717) is 34.7 Å². The largest absolute Gasteiger partial charge is 0.494 e. The summed E-state index contributed by atoms with van der Waals surface area (Å²) in [5.74, 6) is 0.606. The van der Waals surface area contributed by atoms with E-state index < -0.39 is 5.91 Å². The summed E-state index contributed by atoms with van der Waals surface area (Å²) >= 11 is 5.86. The first kappa shape index (κ1) is 20.3. The Balaban J connectivity index is 1.45. The molecule has 1 aromatic heterocycles. The molecule has 3 aromatic rings. The molecule has 0 aliphatic rings. The second-order valence-electron chi connectivity index (χ2n) is 5.98. The van der Waals surface area contributed by atoms with Crippen LogP contribution >= 0.6 is 11.6 Å². The molecule has 0 aliphatic heterocycles. The fraction of sp³-hybridized carbons (Fsp3) is 0.200. The number of hydrazine groups is 1. The molecule has 9 heteroatoms. The first-order valence-electron chi connectivity index (χ1n) is 8.95. The van der Waals surface area contributed by atoms with Gasteiger partial charge in [0.1, 0.15) is 5.75 Å². The van der Waals surface area contributed by atoms with Gasteiger partial charge in [0.15, 0.2) is 0 Å². The number of rotatable bonds is 7. The van der Waals surface area contributed by atoms with Gasteiger partial charge in [0.2, 0.25) is 17.6 Å². The summed E-state index contributed by atoms with van der Waals surface area (Å²) in [5.41, 5.74) is 5.89.